The topological polar surface area (TPSA) is 125 Å². The van der Waals surface area contributed by atoms with Crippen molar-refractivity contribution < 1.29 is 27.2 Å². The second-order valence-electron chi connectivity index (χ2n) is 8.71. The van der Waals surface area contributed by atoms with Gasteiger partial charge in [0, 0.05) is 30.7 Å². The fraction of sp³-hybridized carbons (Fsp3) is 0.364. The Morgan fingerprint density at radius 2 is 1.97 bits per heavy atom. The lowest BCUT2D eigenvalue weighted by atomic mass is 9.84. The van der Waals surface area contributed by atoms with E-state index < -0.39 is 21.6 Å². The molecule has 3 aromatic rings. The molecule has 1 aromatic carbocycles. The molecular weight excluding hydrogens is 487 g/mol. The number of rotatable bonds is 6. The highest BCUT2D eigenvalue weighted by atomic mass is 35.5. The second-order valence-corrected chi connectivity index (χ2v) is 10.8. The van der Waals surface area contributed by atoms with E-state index >= 15 is 0 Å². The first kappa shape index (κ1) is 24.2. The molecule has 1 aliphatic heterocycles. The van der Waals surface area contributed by atoms with Gasteiger partial charge in [0.15, 0.2) is 11.6 Å². The van der Waals surface area contributed by atoms with E-state index in [1.165, 1.54) is 42.0 Å². The molecule has 1 aliphatic rings. The molecular formula is C22H24ClFN4O5S. The highest BCUT2D eigenvalue weighted by Gasteiger charge is 2.33. The monoisotopic (exact) mass is 510 g/mol. The van der Waals surface area contributed by atoms with Crippen molar-refractivity contribution in [3.63, 3.8) is 0 Å². The molecule has 3 N–H and O–H groups in total. The van der Waals surface area contributed by atoms with Crippen molar-refractivity contribution in [1.29, 1.82) is 0 Å². The minimum atomic E-state index is -4.08. The van der Waals surface area contributed by atoms with Crippen LogP contribution in [-0.2, 0) is 10.0 Å². The third-order valence-corrected chi connectivity index (χ3v) is 7.54. The van der Waals surface area contributed by atoms with Gasteiger partial charge in [-0.3, -0.25) is 14.7 Å². The van der Waals surface area contributed by atoms with Crippen LogP contribution in [0.25, 0.3) is 11.0 Å². The zero-order valence-electron chi connectivity index (χ0n) is 18.5. The first-order valence-corrected chi connectivity index (χ1v) is 12.4. The summed E-state index contributed by atoms with van der Waals surface area (Å²) in [5, 5.41) is 9.51. The quantitative estimate of drug-likeness (QED) is 0.332. The molecule has 0 saturated carbocycles. The average molecular weight is 511 g/mol. The van der Waals surface area contributed by atoms with Crippen LogP contribution in [0.2, 0.25) is 5.02 Å². The van der Waals surface area contributed by atoms with Crippen LogP contribution in [0, 0.1) is 5.92 Å². The standard InChI is InChI=1S/C22H24ClFN4O5S/c1-22(2,24)14-5-7-28(8-6-14)20-17(10-15(23)12-25-20)27-34(31,32)16-4-3-13-9-19(21(29)26-30)33-18(13)11-16/h3-4,9-12,14,27,30H,5-8H2,1-2H3,(H,26,29). The summed E-state index contributed by atoms with van der Waals surface area (Å²) in [6.45, 7) is 4.19. The van der Waals surface area contributed by atoms with Crippen LogP contribution < -0.4 is 15.1 Å². The summed E-state index contributed by atoms with van der Waals surface area (Å²) in [5.74, 6) is -0.701. The Balaban J connectivity index is 1.61. The number of carbonyl (C=O) groups is 1. The molecule has 0 radical (unpaired) electrons. The fourth-order valence-corrected chi connectivity index (χ4v) is 5.31. The van der Waals surface area contributed by atoms with Gasteiger partial charge in [0.05, 0.1) is 15.6 Å². The van der Waals surface area contributed by atoms with Crippen molar-refractivity contribution in [2.24, 2.45) is 5.92 Å². The van der Waals surface area contributed by atoms with Gasteiger partial charge in [0.25, 0.3) is 10.0 Å². The molecule has 3 heterocycles. The molecule has 1 saturated heterocycles. The number of anilines is 2. The van der Waals surface area contributed by atoms with E-state index in [1.54, 1.807) is 13.8 Å². The van der Waals surface area contributed by atoms with Gasteiger partial charge in [-0.15, -0.1) is 0 Å². The number of sulfonamides is 1. The van der Waals surface area contributed by atoms with E-state index in [9.17, 15) is 17.6 Å². The summed E-state index contributed by atoms with van der Waals surface area (Å²) in [4.78, 5) is 17.7. The number of nitrogens with one attached hydrogen (secondary N) is 2. The van der Waals surface area contributed by atoms with Gasteiger partial charge >= 0.3 is 5.91 Å². The van der Waals surface area contributed by atoms with E-state index in [0.717, 1.165) is 0 Å². The van der Waals surface area contributed by atoms with Gasteiger partial charge < -0.3 is 9.32 Å². The second kappa shape index (κ2) is 9.05. The number of alkyl halides is 1. The predicted octanol–water partition coefficient (Wildman–Crippen LogP) is 4.37. The molecule has 9 nitrogen and oxygen atoms in total. The zero-order chi connectivity index (χ0) is 24.7. The normalized spacial score (nSPS) is 15.5. The van der Waals surface area contributed by atoms with Crippen LogP contribution in [-0.4, -0.2) is 43.3 Å². The number of hydrogen-bond acceptors (Lipinski definition) is 7. The fourth-order valence-electron chi connectivity index (χ4n) is 4.09. The van der Waals surface area contributed by atoms with E-state index in [0.29, 0.717) is 37.1 Å². The summed E-state index contributed by atoms with van der Waals surface area (Å²) >= 11 is 6.10. The minimum absolute atomic E-state index is 0.0889. The number of fused-ring (bicyclic) bond motifs is 1. The van der Waals surface area contributed by atoms with E-state index in [4.69, 9.17) is 21.2 Å². The Kier molecular flexibility index (Phi) is 6.45. The molecule has 0 aliphatic carbocycles. The van der Waals surface area contributed by atoms with Crippen LogP contribution in [0.3, 0.4) is 0 Å². The molecule has 0 spiro atoms. The summed E-state index contributed by atoms with van der Waals surface area (Å²) in [6, 6.07) is 6.99. The number of aromatic nitrogens is 1. The molecule has 0 atom stereocenters. The number of carbonyl (C=O) groups excluding carboxylic acids is 1. The zero-order valence-corrected chi connectivity index (χ0v) is 20.1. The molecule has 4 rings (SSSR count). The Hall–Kier alpha value is -2.89. The van der Waals surface area contributed by atoms with Gasteiger partial charge in [-0.25, -0.2) is 23.3 Å². The number of halogens is 2. The summed E-state index contributed by atoms with van der Waals surface area (Å²) in [6.07, 6.45) is 2.65. The third-order valence-electron chi connectivity index (χ3n) is 5.97. The van der Waals surface area contributed by atoms with Crippen molar-refractivity contribution >= 4 is 50.0 Å². The van der Waals surface area contributed by atoms with Crippen LogP contribution in [0.4, 0.5) is 15.9 Å². The molecule has 0 bridgehead atoms. The number of pyridine rings is 1. The molecule has 34 heavy (non-hydrogen) atoms. The van der Waals surface area contributed by atoms with Crippen molar-refractivity contribution in [2.75, 3.05) is 22.7 Å². The number of piperidine rings is 1. The molecule has 0 unspecified atom stereocenters. The van der Waals surface area contributed by atoms with E-state index in [-0.39, 0.29) is 32.9 Å². The number of hydrogen-bond donors (Lipinski definition) is 3. The molecule has 1 amide bonds. The maximum Gasteiger partial charge on any atom is 0.310 e. The number of hydroxylamine groups is 1. The number of nitrogens with zero attached hydrogens (tertiary/aromatic N) is 2. The number of amides is 1. The average Bonchev–Trinajstić information content (AvgIpc) is 3.21. The summed E-state index contributed by atoms with van der Waals surface area (Å²) in [5.41, 5.74) is 0.533. The maximum atomic E-state index is 14.3. The lowest BCUT2D eigenvalue weighted by Gasteiger charge is -2.37. The smallest absolute Gasteiger partial charge is 0.310 e. The molecule has 2 aromatic heterocycles. The Morgan fingerprint density at radius 3 is 2.62 bits per heavy atom. The molecule has 12 heteroatoms. The van der Waals surface area contributed by atoms with Crippen molar-refractivity contribution in [1.82, 2.24) is 10.5 Å². The summed E-state index contributed by atoms with van der Waals surface area (Å²) in [7, 11) is -4.08. The largest absolute Gasteiger partial charge is 0.451 e. The maximum absolute atomic E-state index is 14.3. The van der Waals surface area contributed by atoms with E-state index in [1.807, 2.05) is 4.90 Å². The van der Waals surface area contributed by atoms with E-state index in [2.05, 4.69) is 9.71 Å². The van der Waals surface area contributed by atoms with Crippen LogP contribution in [0.15, 0.2) is 45.8 Å². The highest BCUT2D eigenvalue weighted by Crippen LogP contribution is 2.36. The van der Waals surface area contributed by atoms with Crippen LogP contribution in [0.5, 0.6) is 0 Å². The minimum Gasteiger partial charge on any atom is -0.451 e. The van der Waals surface area contributed by atoms with Crippen molar-refractivity contribution in [2.45, 2.75) is 37.3 Å². The first-order chi connectivity index (χ1) is 16.0. The predicted molar refractivity (Wildman–Crippen MR) is 126 cm³/mol. The van der Waals surface area contributed by atoms with Gasteiger partial charge in [-0.05, 0) is 56.9 Å². The van der Waals surface area contributed by atoms with Gasteiger partial charge in [0.1, 0.15) is 11.3 Å². The van der Waals surface area contributed by atoms with Gasteiger partial charge in [-0.2, -0.15) is 0 Å². The van der Waals surface area contributed by atoms with Crippen molar-refractivity contribution in [3.05, 3.63) is 47.3 Å². The van der Waals surface area contributed by atoms with Crippen molar-refractivity contribution in [3.8, 4) is 0 Å². The highest BCUT2D eigenvalue weighted by molar-refractivity contribution is 7.92. The SMILES string of the molecule is CC(C)(F)C1CCN(c2ncc(Cl)cc2NS(=O)(=O)c2ccc3cc(C(=O)NO)oc3c2)CC1. The first-order valence-electron chi connectivity index (χ1n) is 10.6. The lowest BCUT2D eigenvalue weighted by molar-refractivity contribution is 0.0678. The molecule has 182 valence electrons. The van der Waals surface area contributed by atoms with Gasteiger partial charge in [0.2, 0.25) is 0 Å². The van der Waals surface area contributed by atoms with Crippen LogP contribution >= 0.6 is 11.6 Å². The Morgan fingerprint density at radius 1 is 1.26 bits per heavy atom. The number of benzene rings is 1. The van der Waals surface area contributed by atoms with Crippen LogP contribution in [0.1, 0.15) is 37.2 Å². The number of furan rings is 1. The Bertz CT molecular complexity index is 1330. The summed E-state index contributed by atoms with van der Waals surface area (Å²) < 4.78 is 48.5. The lowest BCUT2D eigenvalue weighted by Crippen LogP contribution is -2.40. The third kappa shape index (κ3) is 4.96. The Labute approximate surface area is 200 Å². The van der Waals surface area contributed by atoms with Gasteiger partial charge in [-0.1, -0.05) is 11.6 Å². The molecule has 1 fully saturated rings.